The van der Waals surface area contributed by atoms with E-state index in [1.807, 2.05) is 0 Å². The fraction of sp³-hybridized carbons (Fsp3) is 0.158. The van der Waals surface area contributed by atoms with Crippen LogP contribution in [0.5, 0.6) is 17.2 Å². The summed E-state index contributed by atoms with van der Waals surface area (Å²) in [6.07, 6.45) is 0. The van der Waals surface area contributed by atoms with Gasteiger partial charge < -0.3 is 14.2 Å². The average Bonchev–Trinajstić information content (AvgIpc) is 3.32. The number of ether oxygens (including phenoxy) is 3. The molecular formula is C19H16FN5O4S. The van der Waals surface area contributed by atoms with E-state index < -0.39 is 11.7 Å². The predicted octanol–water partition coefficient (Wildman–Crippen LogP) is 3.03. The lowest BCUT2D eigenvalue weighted by molar-refractivity contribution is -0.118. The van der Waals surface area contributed by atoms with E-state index in [9.17, 15) is 9.18 Å². The summed E-state index contributed by atoms with van der Waals surface area (Å²) in [5, 5.41) is 15.5. The number of nitrogens with one attached hydrogen (secondary N) is 1. The Morgan fingerprint density at radius 3 is 2.67 bits per heavy atom. The second kappa shape index (κ2) is 8.33. The molecule has 11 heteroatoms. The zero-order chi connectivity index (χ0) is 21.1. The summed E-state index contributed by atoms with van der Waals surface area (Å²) in [7, 11) is 3.10. The summed E-state index contributed by atoms with van der Waals surface area (Å²) in [5.74, 6) is 0.593. The van der Waals surface area contributed by atoms with Gasteiger partial charge in [-0.05, 0) is 30.3 Å². The number of amides is 1. The fourth-order valence-electron chi connectivity index (χ4n) is 2.68. The van der Waals surface area contributed by atoms with E-state index in [1.165, 1.54) is 22.7 Å². The molecule has 2 aromatic carbocycles. The van der Waals surface area contributed by atoms with Crippen LogP contribution < -0.4 is 19.5 Å². The van der Waals surface area contributed by atoms with Gasteiger partial charge >= 0.3 is 0 Å². The smallest absolute Gasteiger partial charge is 0.264 e. The normalized spacial score (nSPS) is 10.8. The van der Waals surface area contributed by atoms with Gasteiger partial charge in [0, 0.05) is 5.56 Å². The average molecular weight is 429 g/mol. The zero-order valence-corrected chi connectivity index (χ0v) is 16.8. The van der Waals surface area contributed by atoms with Gasteiger partial charge in [-0.3, -0.25) is 10.1 Å². The molecule has 2 aromatic heterocycles. The predicted molar refractivity (Wildman–Crippen MR) is 108 cm³/mol. The first-order valence-electron chi connectivity index (χ1n) is 8.71. The number of rotatable bonds is 7. The molecule has 0 saturated heterocycles. The Bertz CT molecular complexity index is 1210. The second-order valence-corrected chi connectivity index (χ2v) is 6.92. The van der Waals surface area contributed by atoms with Crippen LogP contribution in [0.15, 0.2) is 42.5 Å². The van der Waals surface area contributed by atoms with E-state index >= 15 is 0 Å². The molecule has 0 radical (unpaired) electrons. The van der Waals surface area contributed by atoms with Gasteiger partial charge in [0.2, 0.25) is 10.1 Å². The topological polar surface area (TPSA) is 99.9 Å². The Kier molecular flexibility index (Phi) is 5.44. The quantitative estimate of drug-likeness (QED) is 0.482. The lowest BCUT2D eigenvalue weighted by Gasteiger charge is -2.08. The van der Waals surface area contributed by atoms with Crippen molar-refractivity contribution in [2.24, 2.45) is 0 Å². The van der Waals surface area contributed by atoms with Crippen LogP contribution in [0.4, 0.5) is 9.52 Å². The standard InChI is InChI=1S/C19H16FN5O4S/c1-27-14-8-7-11(9-15(14)28-2)17-22-23-19-25(17)24-18(30-19)21-16(26)10-29-13-6-4-3-5-12(13)20/h3-9H,10H2,1-2H3,(H,21,24,26). The van der Waals surface area contributed by atoms with Crippen molar-refractivity contribution < 1.29 is 23.4 Å². The van der Waals surface area contributed by atoms with Crippen LogP contribution in [0.3, 0.4) is 0 Å². The molecule has 0 aliphatic rings. The number of nitrogens with zero attached hydrogens (tertiary/aromatic N) is 4. The second-order valence-electron chi connectivity index (χ2n) is 5.96. The lowest BCUT2D eigenvalue weighted by Crippen LogP contribution is -2.20. The first kappa shape index (κ1) is 19.6. The Balaban J connectivity index is 1.50. The maximum Gasteiger partial charge on any atom is 0.264 e. The maximum atomic E-state index is 13.6. The third kappa shape index (κ3) is 3.87. The highest BCUT2D eigenvalue weighted by molar-refractivity contribution is 7.20. The molecule has 1 amide bonds. The van der Waals surface area contributed by atoms with Gasteiger partial charge in [0.15, 0.2) is 35.5 Å². The van der Waals surface area contributed by atoms with Crippen LogP contribution in [0, 0.1) is 5.82 Å². The van der Waals surface area contributed by atoms with Crippen molar-refractivity contribution >= 4 is 27.3 Å². The van der Waals surface area contributed by atoms with E-state index in [4.69, 9.17) is 14.2 Å². The van der Waals surface area contributed by atoms with Crippen LogP contribution in [-0.2, 0) is 4.79 Å². The summed E-state index contributed by atoms with van der Waals surface area (Å²) in [6, 6.07) is 11.2. The summed E-state index contributed by atoms with van der Waals surface area (Å²) >= 11 is 1.14. The third-order valence-electron chi connectivity index (χ3n) is 4.07. The molecule has 0 atom stereocenters. The summed E-state index contributed by atoms with van der Waals surface area (Å²) in [5.41, 5.74) is 0.714. The van der Waals surface area contributed by atoms with Crippen LogP contribution in [0.1, 0.15) is 0 Å². The Hall–Kier alpha value is -3.73. The number of aromatic nitrogens is 4. The SMILES string of the molecule is COc1ccc(-c2nnc3sc(NC(=O)COc4ccccc4F)nn23)cc1OC. The lowest BCUT2D eigenvalue weighted by atomic mass is 10.2. The summed E-state index contributed by atoms with van der Waals surface area (Å²) in [6.45, 7) is -0.358. The van der Waals surface area contributed by atoms with Gasteiger partial charge in [0.25, 0.3) is 5.91 Å². The van der Waals surface area contributed by atoms with E-state index in [-0.39, 0.29) is 12.4 Å². The van der Waals surface area contributed by atoms with E-state index in [1.54, 1.807) is 38.5 Å². The molecule has 30 heavy (non-hydrogen) atoms. The van der Waals surface area contributed by atoms with Crippen molar-refractivity contribution in [2.75, 3.05) is 26.1 Å². The number of fused-ring (bicyclic) bond motifs is 1. The Morgan fingerprint density at radius 2 is 1.90 bits per heavy atom. The van der Waals surface area contributed by atoms with Crippen LogP contribution >= 0.6 is 11.3 Å². The van der Waals surface area contributed by atoms with Crippen molar-refractivity contribution in [3.63, 3.8) is 0 Å². The Labute approximate surface area is 174 Å². The Morgan fingerprint density at radius 1 is 1.10 bits per heavy atom. The number of carbonyl (C=O) groups excluding carboxylic acids is 1. The summed E-state index contributed by atoms with van der Waals surface area (Å²) < 4.78 is 30.8. The highest BCUT2D eigenvalue weighted by Gasteiger charge is 2.17. The molecule has 154 valence electrons. The fourth-order valence-corrected chi connectivity index (χ4v) is 3.44. The molecular weight excluding hydrogens is 413 g/mol. The van der Waals surface area contributed by atoms with Crippen molar-refractivity contribution in [2.45, 2.75) is 0 Å². The molecule has 9 nitrogen and oxygen atoms in total. The highest BCUT2D eigenvalue weighted by atomic mass is 32.1. The number of hydrogen-bond donors (Lipinski definition) is 1. The number of methoxy groups -OCH3 is 2. The van der Waals surface area contributed by atoms with Gasteiger partial charge in [-0.25, -0.2) is 4.39 Å². The molecule has 0 fully saturated rings. The number of benzene rings is 2. The van der Waals surface area contributed by atoms with Gasteiger partial charge in [0.05, 0.1) is 14.2 Å². The minimum atomic E-state index is -0.538. The van der Waals surface area contributed by atoms with Crippen molar-refractivity contribution in [3.05, 3.63) is 48.3 Å². The number of para-hydroxylation sites is 1. The first-order chi connectivity index (χ1) is 14.6. The van der Waals surface area contributed by atoms with Gasteiger partial charge in [-0.15, -0.1) is 15.3 Å². The van der Waals surface area contributed by atoms with E-state index in [2.05, 4.69) is 20.6 Å². The van der Waals surface area contributed by atoms with Crippen LogP contribution in [0.25, 0.3) is 16.3 Å². The molecule has 0 aliphatic carbocycles. The molecule has 0 spiro atoms. The van der Waals surface area contributed by atoms with Gasteiger partial charge in [0.1, 0.15) is 0 Å². The molecule has 4 rings (SSSR count). The third-order valence-corrected chi connectivity index (χ3v) is 4.89. The molecule has 0 unspecified atom stereocenters. The van der Waals surface area contributed by atoms with Crippen molar-refractivity contribution in [1.82, 2.24) is 19.8 Å². The molecule has 4 aromatic rings. The highest BCUT2D eigenvalue weighted by Crippen LogP contribution is 2.32. The van der Waals surface area contributed by atoms with E-state index in [0.717, 1.165) is 11.3 Å². The largest absolute Gasteiger partial charge is 0.493 e. The van der Waals surface area contributed by atoms with Gasteiger partial charge in [-0.2, -0.15) is 4.52 Å². The number of halogens is 1. The van der Waals surface area contributed by atoms with E-state index in [0.29, 0.717) is 33.0 Å². The minimum absolute atomic E-state index is 0.00142. The molecule has 1 N–H and O–H groups in total. The molecule has 2 heterocycles. The monoisotopic (exact) mass is 429 g/mol. The minimum Gasteiger partial charge on any atom is -0.493 e. The molecule has 0 bridgehead atoms. The zero-order valence-electron chi connectivity index (χ0n) is 16.0. The number of carbonyl (C=O) groups is 1. The van der Waals surface area contributed by atoms with Crippen molar-refractivity contribution in [1.29, 1.82) is 0 Å². The first-order valence-corrected chi connectivity index (χ1v) is 9.52. The van der Waals surface area contributed by atoms with Gasteiger partial charge in [-0.1, -0.05) is 23.5 Å². The number of hydrogen-bond acceptors (Lipinski definition) is 8. The van der Waals surface area contributed by atoms with Crippen molar-refractivity contribution in [3.8, 4) is 28.6 Å². The molecule has 0 saturated carbocycles. The van der Waals surface area contributed by atoms with Crippen LogP contribution in [-0.4, -0.2) is 46.5 Å². The van der Waals surface area contributed by atoms with Crippen LogP contribution in [0.2, 0.25) is 0 Å². The molecule has 0 aliphatic heterocycles. The maximum absolute atomic E-state index is 13.6. The number of anilines is 1. The summed E-state index contributed by atoms with van der Waals surface area (Å²) in [4.78, 5) is 12.6.